The van der Waals surface area contributed by atoms with Gasteiger partial charge >= 0.3 is 0 Å². The normalized spacial score (nSPS) is 13.0. The SMILES string of the molecule is COc1ccc(C(C)(COCc2cccc(Oc3ccccc3)c2)C(F)F)cc1OC. The Morgan fingerprint density at radius 3 is 2.19 bits per heavy atom. The maximum atomic E-state index is 14.0. The largest absolute Gasteiger partial charge is 0.493 e. The Bertz CT molecular complexity index is 978. The van der Waals surface area contributed by atoms with Crippen LogP contribution in [-0.4, -0.2) is 27.3 Å². The third-order valence-corrected chi connectivity index (χ3v) is 5.07. The first kappa shape index (κ1) is 22.6. The monoisotopic (exact) mass is 428 g/mol. The van der Waals surface area contributed by atoms with Gasteiger partial charge in [0.25, 0.3) is 0 Å². The predicted octanol–water partition coefficient (Wildman–Crippen LogP) is 6.24. The number of halogens is 2. The molecule has 1 unspecified atom stereocenters. The van der Waals surface area contributed by atoms with E-state index >= 15 is 0 Å². The molecule has 0 saturated carbocycles. The summed E-state index contributed by atoms with van der Waals surface area (Å²) in [5.74, 6) is 2.26. The summed E-state index contributed by atoms with van der Waals surface area (Å²) in [6.45, 7) is 1.50. The van der Waals surface area contributed by atoms with Gasteiger partial charge in [-0.25, -0.2) is 8.78 Å². The standard InChI is InChI=1S/C25H26F2O4/c1-25(24(26)27,19-12-13-22(28-2)23(15-19)29-3)17-30-16-18-8-7-11-21(14-18)31-20-9-5-4-6-10-20/h4-15,24H,16-17H2,1-3H3. The van der Waals surface area contributed by atoms with Crippen molar-refractivity contribution in [1.29, 1.82) is 0 Å². The first-order valence-corrected chi connectivity index (χ1v) is 9.86. The van der Waals surface area contributed by atoms with Crippen LogP contribution in [0.4, 0.5) is 8.78 Å². The molecule has 3 aromatic rings. The van der Waals surface area contributed by atoms with Gasteiger partial charge in [-0.2, -0.15) is 0 Å². The van der Waals surface area contributed by atoms with Crippen LogP contribution >= 0.6 is 0 Å². The number of para-hydroxylation sites is 1. The van der Waals surface area contributed by atoms with Crippen LogP contribution in [0.3, 0.4) is 0 Å². The summed E-state index contributed by atoms with van der Waals surface area (Å²) in [4.78, 5) is 0. The fraction of sp³-hybridized carbons (Fsp3) is 0.280. The van der Waals surface area contributed by atoms with E-state index in [1.165, 1.54) is 21.1 Å². The van der Waals surface area contributed by atoms with Gasteiger partial charge in [-0.3, -0.25) is 0 Å². The van der Waals surface area contributed by atoms with Crippen LogP contribution in [-0.2, 0) is 16.8 Å². The van der Waals surface area contributed by atoms with Crippen LogP contribution in [0, 0.1) is 0 Å². The van der Waals surface area contributed by atoms with E-state index in [9.17, 15) is 8.78 Å². The highest BCUT2D eigenvalue weighted by Crippen LogP contribution is 2.37. The highest BCUT2D eigenvalue weighted by molar-refractivity contribution is 5.45. The van der Waals surface area contributed by atoms with Crippen molar-refractivity contribution >= 4 is 0 Å². The van der Waals surface area contributed by atoms with E-state index < -0.39 is 11.8 Å². The van der Waals surface area contributed by atoms with E-state index in [1.54, 1.807) is 18.2 Å². The number of hydrogen-bond donors (Lipinski definition) is 0. The van der Waals surface area contributed by atoms with Crippen LogP contribution in [0.2, 0.25) is 0 Å². The fourth-order valence-corrected chi connectivity index (χ4v) is 3.17. The van der Waals surface area contributed by atoms with Gasteiger partial charge in [0, 0.05) is 0 Å². The minimum atomic E-state index is -2.63. The topological polar surface area (TPSA) is 36.9 Å². The second kappa shape index (κ2) is 10.3. The molecule has 31 heavy (non-hydrogen) atoms. The molecule has 1 atom stereocenters. The Labute approximate surface area is 181 Å². The van der Waals surface area contributed by atoms with Crippen molar-refractivity contribution in [2.45, 2.75) is 25.4 Å². The number of hydrogen-bond acceptors (Lipinski definition) is 4. The van der Waals surface area contributed by atoms with Crippen LogP contribution in [0.25, 0.3) is 0 Å². The average Bonchev–Trinajstić information content (AvgIpc) is 2.79. The van der Waals surface area contributed by atoms with Crippen molar-refractivity contribution in [2.75, 3.05) is 20.8 Å². The molecule has 0 radical (unpaired) electrons. The Morgan fingerprint density at radius 2 is 1.52 bits per heavy atom. The van der Waals surface area contributed by atoms with Gasteiger partial charge in [0.05, 0.1) is 32.8 Å². The van der Waals surface area contributed by atoms with Gasteiger partial charge in [0.15, 0.2) is 11.5 Å². The quantitative estimate of drug-likeness (QED) is 0.383. The zero-order valence-corrected chi connectivity index (χ0v) is 17.8. The zero-order valence-electron chi connectivity index (χ0n) is 17.8. The molecule has 0 aliphatic heterocycles. The highest BCUT2D eigenvalue weighted by Gasteiger charge is 2.38. The summed E-state index contributed by atoms with van der Waals surface area (Å²) in [5.41, 5.74) is -0.254. The third-order valence-electron chi connectivity index (χ3n) is 5.07. The molecule has 6 heteroatoms. The molecule has 4 nitrogen and oxygen atoms in total. The van der Waals surface area contributed by atoms with Crippen LogP contribution < -0.4 is 14.2 Å². The lowest BCUT2D eigenvalue weighted by Gasteiger charge is -2.29. The maximum Gasteiger partial charge on any atom is 0.250 e. The lowest BCUT2D eigenvalue weighted by molar-refractivity contribution is -0.0128. The van der Waals surface area contributed by atoms with Gasteiger partial charge in [-0.15, -0.1) is 0 Å². The van der Waals surface area contributed by atoms with Gasteiger partial charge in [-0.1, -0.05) is 36.4 Å². The second-order valence-corrected chi connectivity index (χ2v) is 7.34. The summed E-state index contributed by atoms with van der Waals surface area (Å²) in [6.07, 6.45) is -2.63. The molecular formula is C25H26F2O4. The Hall–Kier alpha value is -3.12. The lowest BCUT2D eigenvalue weighted by Crippen LogP contribution is -2.36. The van der Waals surface area contributed by atoms with Crippen molar-refractivity contribution in [3.05, 3.63) is 83.9 Å². The van der Waals surface area contributed by atoms with E-state index in [4.69, 9.17) is 18.9 Å². The smallest absolute Gasteiger partial charge is 0.250 e. The molecule has 164 valence electrons. The van der Waals surface area contributed by atoms with E-state index in [-0.39, 0.29) is 13.2 Å². The number of methoxy groups -OCH3 is 2. The van der Waals surface area contributed by atoms with Crippen LogP contribution in [0.5, 0.6) is 23.0 Å². The molecule has 0 fully saturated rings. The molecule has 3 rings (SSSR count). The molecule has 0 N–H and O–H groups in total. The summed E-state index contributed by atoms with van der Waals surface area (Å²) < 4.78 is 50.1. The van der Waals surface area contributed by atoms with E-state index in [2.05, 4.69) is 0 Å². The van der Waals surface area contributed by atoms with Crippen molar-refractivity contribution < 1.29 is 27.7 Å². The van der Waals surface area contributed by atoms with E-state index in [0.29, 0.717) is 22.8 Å². The molecule has 0 amide bonds. The zero-order chi connectivity index (χ0) is 22.3. The summed E-state index contributed by atoms with van der Waals surface area (Å²) in [5, 5.41) is 0. The second-order valence-electron chi connectivity index (χ2n) is 7.34. The highest BCUT2D eigenvalue weighted by atomic mass is 19.3. The predicted molar refractivity (Wildman–Crippen MR) is 116 cm³/mol. The van der Waals surface area contributed by atoms with Gasteiger partial charge in [0.2, 0.25) is 6.43 Å². The fourth-order valence-electron chi connectivity index (χ4n) is 3.17. The minimum Gasteiger partial charge on any atom is -0.493 e. The molecule has 0 aliphatic carbocycles. The van der Waals surface area contributed by atoms with Crippen LogP contribution in [0.15, 0.2) is 72.8 Å². The molecule has 0 spiro atoms. The lowest BCUT2D eigenvalue weighted by atomic mass is 9.83. The van der Waals surface area contributed by atoms with Gasteiger partial charge in [-0.05, 0) is 54.4 Å². The van der Waals surface area contributed by atoms with Crippen molar-refractivity contribution in [3.8, 4) is 23.0 Å². The number of ether oxygens (including phenoxy) is 4. The molecule has 0 heterocycles. The maximum absolute atomic E-state index is 14.0. The Morgan fingerprint density at radius 1 is 0.806 bits per heavy atom. The molecule has 3 aromatic carbocycles. The number of rotatable bonds is 10. The minimum absolute atomic E-state index is 0.163. The Balaban J connectivity index is 1.69. The first-order valence-electron chi connectivity index (χ1n) is 9.86. The summed E-state index contributed by atoms with van der Waals surface area (Å²) >= 11 is 0. The van der Waals surface area contributed by atoms with Gasteiger partial charge < -0.3 is 18.9 Å². The molecule has 0 saturated heterocycles. The first-order chi connectivity index (χ1) is 15.0. The van der Waals surface area contributed by atoms with Crippen LogP contribution in [0.1, 0.15) is 18.1 Å². The van der Waals surface area contributed by atoms with E-state index in [0.717, 1.165) is 11.3 Å². The van der Waals surface area contributed by atoms with Gasteiger partial charge in [0.1, 0.15) is 11.5 Å². The molecule has 0 aromatic heterocycles. The van der Waals surface area contributed by atoms with E-state index in [1.807, 2.05) is 54.6 Å². The molecule has 0 aliphatic rings. The summed E-state index contributed by atoms with van der Waals surface area (Å²) in [7, 11) is 2.98. The molecule has 0 bridgehead atoms. The van der Waals surface area contributed by atoms with Crippen molar-refractivity contribution in [3.63, 3.8) is 0 Å². The number of benzene rings is 3. The Kier molecular flexibility index (Phi) is 7.47. The molecular weight excluding hydrogens is 402 g/mol. The van der Waals surface area contributed by atoms with Crippen molar-refractivity contribution in [2.24, 2.45) is 0 Å². The average molecular weight is 428 g/mol. The summed E-state index contributed by atoms with van der Waals surface area (Å²) in [6, 6.07) is 21.6. The third kappa shape index (κ3) is 5.52. The number of alkyl halides is 2. The van der Waals surface area contributed by atoms with Crippen molar-refractivity contribution in [1.82, 2.24) is 0 Å².